The second-order valence-electron chi connectivity index (χ2n) is 8.32. The Morgan fingerprint density at radius 1 is 1.30 bits per heavy atom. The highest BCUT2D eigenvalue weighted by molar-refractivity contribution is 5.98. The molecule has 148 valence electrons. The maximum absolute atomic E-state index is 12.3. The molecule has 0 spiro atoms. The first-order valence-electron chi connectivity index (χ1n) is 9.94. The lowest BCUT2D eigenvalue weighted by Gasteiger charge is -2.36. The van der Waals surface area contributed by atoms with Crippen molar-refractivity contribution in [2.24, 2.45) is 17.6 Å². The number of amides is 2. The van der Waals surface area contributed by atoms with Gasteiger partial charge in [0.25, 0.3) is 0 Å². The number of nitrogens with one attached hydrogen (secondary N) is 2. The molecule has 1 aromatic rings. The Bertz CT molecular complexity index is 709. The summed E-state index contributed by atoms with van der Waals surface area (Å²) >= 11 is 0. The minimum absolute atomic E-state index is 0.0247. The van der Waals surface area contributed by atoms with Crippen LogP contribution in [-0.2, 0) is 9.59 Å². The van der Waals surface area contributed by atoms with E-state index in [9.17, 15) is 9.59 Å². The highest BCUT2D eigenvalue weighted by Crippen LogP contribution is 2.46. The van der Waals surface area contributed by atoms with Gasteiger partial charge in [0, 0.05) is 30.6 Å². The number of fused-ring (bicyclic) bond motifs is 1. The zero-order chi connectivity index (χ0) is 19.6. The Kier molecular flexibility index (Phi) is 6.05. The molecule has 1 aliphatic carbocycles. The first kappa shape index (κ1) is 19.7. The van der Waals surface area contributed by atoms with Gasteiger partial charge in [-0.2, -0.15) is 0 Å². The minimum atomic E-state index is -0.0247. The highest BCUT2D eigenvalue weighted by atomic mass is 16.5. The molecule has 1 heterocycles. The Balaban J connectivity index is 1.91. The van der Waals surface area contributed by atoms with E-state index in [1.54, 1.807) is 7.11 Å². The summed E-state index contributed by atoms with van der Waals surface area (Å²) in [6.07, 6.45) is 5.04. The number of rotatable bonds is 5. The smallest absolute Gasteiger partial charge is 0.225 e. The molecule has 0 aromatic heterocycles. The Labute approximate surface area is 161 Å². The van der Waals surface area contributed by atoms with Crippen molar-refractivity contribution < 1.29 is 14.3 Å². The molecule has 0 saturated heterocycles. The van der Waals surface area contributed by atoms with E-state index in [4.69, 9.17) is 10.5 Å². The van der Waals surface area contributed by atoms with E-state index >= 15 is 0 Å². The van der Waals surface area contributed by atoms with E-state index in [-0.39, 0.29) is 29.7 Å². The van der Waals surface area contributed by atoms with Crippen LogP contribution in [0.25, 0.3) is 0 Å². The fourth-order valence-electron chi connectivity index (χ4n) is 4.33. The Hall–Kier alpha value is -2.08. The lowest BCUT2D eigenvalue weighted by Crippen LogP contribution is -2.33. The Morgan fingerprint density at radius 3 is 2.63 bits per heavy atom. The standard InChI is InChI=1S/C21H31N3O3/c1-12(2)8-20(25)24-18-9-16-15(13-4-6-14(22)7-5-13)10-21(26)23-17(16)11-19(18)27-3/h9,11-15H,4-8,10,22H2,1-3H3,(H,23,26)(H,24,25). The van der Waals surface area contributed by atoms with E-state index in [0.717, 1.165) is 36.9 Å². The summed E-state index contributed by atoms with van der Waals surface area (Å²) in [5, 5.41) is 5.96. The van der Waals surface area contributed by atoms with E-state index < -0.39 is 0 Å². The number of carbonyl (C=O) groups excluding carboxylic acids is 2. The summed E-state index contributed by atoms with van der Waals surface area (Å²) in [7, 11) is 1.57. The summed E-state index contributed by atoms with van der Waals surface area (Å²) in [4.78, 5) is 24.6. The molecule has 1 unspecified atom stereocenters. The summed E-state index contributed by atoms with van der Waals surface area (Å²) in [6, 6.07) is 4.10. The molecular weight excluding hydrogens is 342 g/mol. The van der Waals surface area contributed by atoms with Crippen LogP contribution in [0.5, 0.6) is 5.75 Å². The van der Waals surface area contributed by atoms with Gasteiger partial charge >= 0.3 is 0 Å². The topological polar surface area (TPSA) is 93.4 Å². The molecule has 1 fully saturated rings. The molecule has 3 rings (SSSR count). The Morgan fingerprint density at radius 2 is 2.00 bits per heavy atom. The first-order chi connectivity index (χ1) is 12.9. The van der Waals surface area contributed by atoms with Gasteiger partial charge in [-0.05, 0) is 55.1 Å². The monoisotopic (exact) mass is 373 g/mol. The van der Waals surface area contributed by atoms with Crippen molar-refractivity contribution in [1.29, 1.82) is 0 Å². The SMILES string of the molecule is COc1cc2c(cc1NC(=O)CC(C)C)C(C1CCC(N)CC1)CC(=O)N2. The molecular formula is C21H31N3O3. The predicted octanol–water partition coefficient (Wildman–Crippen LogP) is 3.62. The van der Waals surface area contributed by atoms with Crippen LogP contribution < -0.4 is 21.1 Å². The zero-order valence-corrected chi connectivity index (χ0v) is 16.5. The van der Waals surface area contributed by atoms with Crippen LogP contribution in [0.15, 0.2) is 12.1 Å². The second kappa shape index (κ2) is 8.30. The first-order valence-corrected chi connectivity index (χ1v) is 9.94. The lowest BCUT2D eigenvalue weighted by molar-refractivity contribution is -0.118. The molecule has 1 aliphatic heterocycles. The maximum Gasteiger partial charge on any atom is 0.225 e. The fourth-order valence-corrected chi connectivity index (χ4v) is 4.33. The van der Waals surface area contributed by atoms with Crippen LogP contribution in [0.1, 0.15) is 63.9 Å². The van der Waals surface area contributed by atoms with Crippen LogP contribution in [-0.4, -0.2) is 25.0 Å². The largest absolute Gasteiger partial charge is 0.494 e. The summed E-state index contributed by atoms with van der Waals surface area (Å²) in [5.74, 6) is 1.48. The molecule has 4 N–H and O–H groups in total. The van der Waals surface area contributed by atoms with Crippen molar-refractivity contribution in [3.63, 3.8) is 0 Å². The summed E-state index contributed by atoms with van der Waals surface area (Å²) in [6.45, 7) is 4.03. The lowest BCUT2D eigenvalue weighted by atomic mass is 9.72. The third kappa shape index (κ3) is 4.61. The summed E-state index contributed by atoms with van der Waals surface area (Å²) in [5.41, 5.74) is 8.63. The third-order valence-corrected chi connectivity index (χ3v) is 5.70. The van der Waals surface area contributed by atoms with Gasteiger partial charge in [0.05, 0.1) is 12.8 Å². The second-order valence-corrected chi connectivity index (χ2v) is 8.32. The molecule has 1 aromatic carbocycles. The van der Waals surface area contributed by atoms with E-state index in [2.05, 4.69) is 10.6 Å². The number of anilines is 2. The number of benzene rings is 1. The average molecular weight is 373 g/mol. The maximum atomic E-state index is 12.3. The molecule has 27 heavy (non-hydrogen) atoms. The zero-order valence-electron chi connectivity index (χ0n) is 16.5. The fraction of sp³-hybridized carbons (Fsp3) is 0.619. The van der Waals surface area contributed by atoms with E-state index in [1.807, 2.05) is 26.0 Å². The number of methoxy groups -OCH3 is 1. The number of nitrogens with two attached hydrogens (primary N) is 1. The van der Waals surface area contributed by atoms with Gasteiger partial charge in [-0.3, -0.25) is 9.59 Å². The van der Waals surface area contributed by atoms with Gasteiger partial charge < -0.3 is 21.1 Å². The van der Waals surface area contributed by atoms with Crippen LogP contribution in [0.2, 0.25) is 0 Å². The van der Waals surface area contributed by atoms with Crippen molar-refractivity contribution in [2.45, 2.75) is 64.3 Å². The van der Waals surface area contributed by atoms with Crippen molar-refractivity contribution in [1.82, 2.24) is 0 Å². The highest BCUT2D eigenvalue weighted by Gasteiger charge is 2.34. The number of carbonyl (C=O) groups is 2. The number of hydrogen-bond donors (Lipinski definition) is 3. The molecule has 6 nitrogen and oxygen atoms in total. The minimum Gasteiger partial charge on any atom is -0.494 e. The predicted molar refractivity (Wildman–Crippen MR) is 107 cm³/mol. The quantitative estimate of drug-likeness (QED) is 0.735. The van der Waals surface area contributed by atoms with Gasteiger partial charge in [0.2, 0.25) is 11.8 Å². The van der Waals surface area contributed by atoms with Crippen LogP contribution in [0.4, 0.5) is 11.4 Å². The van der Waals surface area contributed by atoms with Crippen molar-refractivity contribution >= 4 is 23.2 Å². The molecule has 6 heteroatoms. The molecule has 1 atom stereocenters. The number of ether oxygens (including phenoxy) is 1. The molecule has 0 radical (unpaired) electrons. The van der Waals surface area contributed by atoms with Crippen LogP contribution in [0.3, 0.4) is 0 Å². The normalized spacial score (nSPS) is 24.9. The average Bonchev–Trinajstić information content (AvgIpc) is 2.60. The van der Waals surface area contributed by atoms with Crippen molar-refractivity contribution in [3.05, 3.63) is 17.7 Å². The van der Waals surface area contributed by atoms with Crippen LogP contribution >= 0.6 is 0 Å². The third-order valence-electron chi connectivity index (χ3n) is 5.70. The summed E-state index contributed by atoms with van der Waals surface area (Å²) < 4.78 is 5.46. The van der Waals surface area contributed by atoms with Gasteiger partial charge in [0.15, 0.2) is 0 Å². The van der Waals surface area contributed by atoms with Gasteiger partial charge in [-0.25, -0.2) is 0 Å². The molecule has 2 amide bonds. The van der Waals surface area contributed by atoms with Gasteiger partial charge in [-0.1, -0.05) is 13.8 Å². The molecule has 0 bridgehead atoms. The van der Waals surface area contributed by atoms with Crippen LogP contribution in [0, 0.1) is 11.8 Å². The van der Waals surface area contributed by atoms with E-state index in [1.165, 1.54) is 0 Å². The van der Waals surface area contributed by atoms with Gasteiger partial charge in [-0.15, -0.1) is 0 Å². The van der Waals surface area contributed by atoms with Crippen molar-refractivity contribution in [3.8, 4) is 5.75 Å². The van der Waals surface area contributed by atoms with Gasteiger partial charge in [0.1, 0.15) is 5.75 Å². The molecule has 1 saturated carbocycles. The van der Waals surface area contributed by atoms with E-state index in [0.29, 0.717) is 30.2 Å². The van der Waals surface area contributed by atoms with Crippen molar-refractivity contribution in [2.75, 3.05) is 17.7 Å². The molecule has 2 aliphatic rings. The number of hydrogen-bond acceptors (Lipinski definition) is 4.